The van der Waals surface area contributed by atoms with Crippen LogP contribution < -0.4 is 5.11 Å². The third kappa shape index (κ3) is 7.74. The van der Waals surface area contributed by atoms with Gasteiger partial charge in [-0.25, -0.2) is 9.59 Å². The summed E-state index contributed by atoms with van der Waals surface area (Å²) < 4.78 is -0.646. The Kier molecular flexibility index (Phi) is 14.0. The van der Waals surface area contributed by atoms with Gasteiger partial charge in [0.25, 0.3) is 0 Å². The van der Waals surface area contributed by atoms with Gasteiger partial charge in [0.1, 0.15) is 6.04 Å². The fourth-order valence-corrected chi connectivity index (χ4v) is 4.47. The van der Waals surface area contributed by atoms with Crippen molar-refractivity contribution in [3.63, 3.8) is 0 Å². The van der Waals surface area contributed by atoms with Gasteiger partial charge in [0.15, 0.2) is 12.1 Å². The Morgan fingerprint density at radius 3 is 1.57 bits per heavy atom. The van der Waals surface area contributed by atoms with Crippen LogP contribution in [-0.2, 0) is 14.4 Å². The molecule has 0 saturated carbocycles. The highest BCUT2D eigenvalue weighted by atomic mass is 16.4. The lowest BCUT2D eigenvalue weighted by molar-refractivity contribution is -0.929. The average Bonchev–Trinajstić information content (AvgIpc) is 2.67. The highest BCUT2D eigenvalue weighted by molar-refractivity contribution is 5.77. The van der Waals surface area contributed by atoms with Crippen LogP contribution in [-0.4, -0.2) is 50.7 Å². The number of hydrogen-bond acceptors (Lipinski definition) is 4. The van der Waals surface area contributed by atoms with Crippen molar-refractivity contribution in [2.45, 2.75) is 116 Å². The van der Waals surface area contributed by atoms with Gasteiger partial charge >= 0.3 is 11.9 Å². The highest BCUT2D eigenvalue weighted by Crippen LogP contribution is 2.32. The van der Waals surface area contributed by atoms with Crippen LogP contribution >= 0.6 is 0 Å². The Hall–Kier alpha value is -1.89. The van der Waals surface area contributed by atoms with E-state index in [0.717, 1.165) is 19.3 Å². The molecule has 3 atom stereocenters. The van der Waals surface area contributed by atoms with Crippen LogP contribution in [0, 0.1) is 0 Å². The molecule has 0 bridgehead atoms. The number of carboxylic acids is 3. The molecule has 0 aliphatic rings. The van der Waals surface area contributed by atoms with Crippen LogP contribution in [0.25, 0.3) is 0 Å². The molecular weight excluding hydrogens is 386 g/mol. The number of allylic oxidation sites excluding steroid dienone is 1. The zero-order chi connectivity index (χ0) is 23.2. The summed E-state index contributed by atoms with van der Waals surface area (Å²) in [5, 5.41) is 31.7. The molecule has 7 nitrogen and oxygen atoms in total. The Bertz CT molecular complexity index is 505. The van der Waals surface area contributed by atoms with Gasteiger partial charge in [-0.2, -0.15) is 0 Å². The number of unbranched alkanes of at least 4 members (excludes halogenated alkanes) is 7. The molecule has 0 fully saturated rings. The molecule has 0 aliphatic carbocycles. The number of quaternary nitrogens is 1. The molecule has 0 radical (unpaired) electrons. The lowest BCUT2D eigenvalue weighted by Crippen LogP contribution is -2.70. The summed E-state index contributed by atoms with van der Waals surface area (Å²) in [7, 11) is 0. The Balaban J connectivity index is 5.80. The topological polar surface area (TPSA) is 115 Å². The summed E-state index contributed by atoms with van der Waals surface area (Å²) in [5.74, 6) is -3.81. The van der Waals surface area contributed by atoms with Crippen LogP contribution in [0.1, 0.15) is 98.3 Å². The number of carboxylic acid groups (broad SMARTS) is 3. The van der Waals surface area contributed by atoms with E-state index >= 15 is 0 Å². The normalized spacial score (nSPS) is 16.7. The molecule has 0 aromatic rings. The molecule has 0 aromatic heterocycles. The van der Waals surface area contributed by atoms with Crippen molar-refractivity contribution in [3.8, 4) is 0 Å². The molecule has 0 aromatic carbocycles. The van der Waals surface area contributed by atoms with Gasteiger partial charge in [-0.05, 0) is 18.9 Å². The lowest BCUT2D eigenvalue weighted by atomic mass is 9.95. The summed E-state index contributed by atoms with van der Waals surface area (Å²) in [4.78, 5) is 36.1. The molecular formula is C23H41NO6. The van der Waals surface area contributed by atoms with Crippen LogP contribution in [0.15, 0.2) is 12.3 Å². The van der Waals surface area contributed by atoms with E-state index in [1.165, 1.54) is 31.9 Å². The van der Waals surface area contributed by atoms with Gasteiger partial charge in [0, 0.05) is 19.3 Å². The van der Waals surface area contributed by atoms with Gasteiger partial charge in [-0.1, -0.05) is 66.2 Å². The quantitative estimate of drug-likeness (QED) is 0.254. The van der Waals surface area contributed by atoms with E-state index in [-0.39, 0.29) is 19.3 Å². The number of carbonyl (C=O) groups is 3. The second-order valence-electron chi connectivity index (χ2n) is 7.96. The largest absolute Gasteiger partial charge is 0.544 e. The van der Waals surface area contributed by atoms with Gasteiger partial charge in [0.2, 0.25) is 0 Å². The first-order valence-electron chi connectivity index (χ1n) is 11.5. The van der Waals surface area contributed by atoms with Gasteiger partial charge in [0.05, 0.1) is 12.2 Å². The fraction of sp³-hybridized carbons (Fsp3) is 0.783. The second-order valence-corrected chi connectivity index (χ2v) is 7.96. The predicted octanol–water partition coefficient (Wildman–Crippen LogP) is 3.71. The maximum absolute atomic E-state index is 12.1. The first-order valence-corrected chi connectivity index (χ1v) is 11.5. The molecule has 0 spiro atoms. The van der Waals surface area contributed by atoms with E-state index in [1.807, 2.05) is 0 Å². The molecule has 0 aliphatic heterocycles. The summed E-state index contributed by atoms with van der Waals surface area (Å²) >= 11 is 0. The fourth-order valence-electron chi connectivity index (χ4n) is 4.47. The zero-order valence-electron chi connectivity index (χ0n) is 19.1. The SMILES string of the molecule is CCCCCCCCC/C=C/[N+](C(CC)C(=O)[O-])(C(CC)C(=O)O)C(CC)C(=O)O. The maximum atomic E-state index is 12.1. The van der Waals surface area contributed by atoms with E-state index in [9.17, 15) is 29.7 Å². The van der Waals surface area contributed by atoms with E-state index < -0.39 is 40.5 Å². The first kappa shape index (κ1) is 28.1. The van der Waals surface area contributed by atoms with E-state index in [4.69, 9.17) is 0 Å². The molecule has 3 unspecified atom stereocenters. The molecule has 2 N–H and O–H groups in total. The third-order valence-corrected chi connectivity index (χ3v) is 5.96. The summed E-state index contributed by atoms with van der Waals surface area (Å²) in [5.41, 5.74) is 0. The second kappa shape index (κ2) is 15.0. The monoisotopic (exact) mass is 427 g/mol. The minimum atomic E-state index is -1.42. The smallest absolute Gasteiger partial charge is 0.362 e. The van der Waals surface area contributed by atoms with Gasteiger partial charge < -0.3 is 20.1 Å². The van der Waals surface area contributed by atoms with E-state index in [0.29, 0.717) is 6.42 Å². The lowest BCUT2D eigenvalue weighted by Gasteiger charge is -2.48. The van der Waals surface area contributed by atoms with E-state index in [2.05, 4.69) is 6.92 Å². The van der Waals surface area contributed by atoms with Crippen molar-refractivity contribution in [3.05, 3.63) is 12.3 Å². The van der Waals surface area contributed by atoms with Gasteiger partial charge in [-0.15, -0.1) is 0 Å². The molecule has 0 amide bonds. The summed E-state index contributed by atoms with van der Waals surface area (Å²) in [6.45, 7) is 7.09. The van der Waals surface area contributed by atoms with Crippen LogP contribution in [0.2, 0.25) is 0 Å². The summed E-state index contributed by atoms with van der Waals surface area (Å²) in [6, 6.07) is -3.62. The van der Waals surface area contributed by atoms with Crippen LogP contribution in [0.4, 0.5) is 0 Å². The minimum Gasteiger partial charge on any atom is -0.544 e. The van der Waals surface area contributed by atoms with Crippen molar-refractivity contribution < 1.29 is 34.2 Å². The Morgan fingerprint density at radius 1 is 0.767 bits per heavy atom. The standard InChI is InChI=1S/C23H41NO6/c1-5-9-10-11-12-13-14-15-16-17-24(18(6-2)21(25)26,19(7-3)22(27)28)20(8-4)23(29)30/h16-20H,5-15H2,1-4H3,(H2-,25,26,27,28,29,30)/b17-16+. The van der Waals surface area contributed by atoms with Crippen molar-refractivity contribution in [1.82, 2.24) is 0 Å². The van der Waals surface area contributed by atoms with E-state index in [1.54, 1.807) is 26.8 Å². The molecule has 0 rings (SSSR count). The van der Waals surface area contributed by atoms with Crippen molar-refractivity contribution in [1.29, 1.82) is 0 Å². The molecule has 174 valence electrons. The average molecular weight is 428 g/mol. The van der Waals surface area contributed by atoms with Crippen LogP contribution in [0.5, 0.6) is 0 Å². The van der Waals surface area contributed by atoms with Gasteiger partial charge in [-0.3, -0.25) is 4.48 Å². The first-order chi connectivity index (χ1) is 14.2. The number of rotatable bonds is 18. The van der Waals surface area contributed by atoms with Crippen molar-refractivity contribution >= 4 is 17.9 Å². The zero-order valence-corrected chi connectivity index (χ0v) is 19.1. The summed E-state index contributed by atoms with van der Waals surface area (Å²) in [6.07, 6.45) is 12.2. The highest BCUT2D eigenvalue weighted by Gasteiger charge is 2.53. The molecule has 0 saturated heterocycles. The number of aliphatic carboxylic acids is 3. The third-order valence-electron chi connectivity index (χ3n) is 5.96. The van der Waals surface area contributed by atoms with Crippen LogP contribution in [0.3, 0.4) is 0 Å². The molecule has 30 heavy (non-hydrogen) atoms. The van der Waals surface area contributed by atoms with Crippen molar-refractivity contribution in [2.75, 3.05) is 0 Å². The number of carbonyl (C=O) groups excluding carboxylic acids is 1. The Labute approximate surface area is 181 Å². The number of hydrogen-bond donors (Lipinski definition) is 2. The predicted molar refractivity (Wildman–Crippen MR) is 115 cm³/mol. The molecule has 0 heterocycles. The number of nitrogens with zero attached hydrogens (tertiary/aromatic N) is 1. The minimum absolute atomic E-state index is 0.0810. The molecule has 7 heteroatoms. The van der Waals surface area contributed by atoms with Crippen molar-refractivity contribution in [2.24, 2.45) is 0 Å². The Morgan fingerprint density at radius 2 is 1.20 bits per heavy atom. The maximum Gasteiger partial charge on any atom is 0.362 e.